The Bertz CT molecular complexity index is 481. The van der Waals surface area contributed by atoms with E-state index in [1.807, 2.05) is 0 Å². The summed E-state index contributed by atoms with van der Waals surface area (Å²) >= 11 is 0. The maximum absolute atomic E-state index is 12.0. The van der Waals surface area contributed by atoms with Gasteiger partial charge in [-0.05, 0) is 25.0 Å². The molecule has 1 aromatic carbocycles. The molecule has 0 bridgehead atoms. The van der Waals surface area contributed by atoms with E-state index in [-0.39, 0.29) is 18.4 Å². The first kappa shape index (κ1) is 13.5. The molecule has 5 nitrogen and oxygen atoms in total. The molecular weight excluding hydrogens is 242 g/mol. The summed E-state index contributed by atoms with van der Waals surface area (Å²) in [6.45, 7) is 0.287. The maximum atomic E-state index is 12.0. The molecule has 0 aromatic heterocycles. The highest BCUT2D eigenvalue weighted by molar-refractivity contribution is 6.03. The first-order valence-corrected chi connectivity index (χ1v) is 6.42. The Balaban J connectivity index is 2.02. The van der Waals surface area contributed by atoms with Crippen molar-refractivity contribution in [3.8, 4) is 0 Å². The molecule has 0 aliphatic heterocycles. The number of carbonyl (C=O) groups excluding carboxylic acids is 2. The van der Waals surface area contributed by atoms with Crippen molar-refractivity contribution in [2.24, 2.45) is 0 Å². The Hall–Kier alpha value is -1.88. The number of hydrogen-bond acceptors (Lipinski definition) is 3. The average molecular weight is 261 g/mol. The van der Waals surface area contributed by atoms with Crippen molar-refractivity contribution in [2.75, 3.05) is 26.0 Å². The predicted molar refractivity (Wildman–Crippen MR) is 74.1 cm³/mol. The van der Waals surface area contributed by atoms with Gasteiger partial charge in [0.1, 0.15) is 0 Å². The van der Waals surface area contributed by atoms with Crippen molar-refractivity contribution in [3.05, 3.63) is 29.8 Å². The summed E-state index contributed by atoms with van der Waals surface area (Å²) in [5.74, 6) is -0.239. The Morgan fingerprint density at radius 2 is 1.95 bits per heavy atom. The number of carbonyl (C=O) groups is 2. The Morgan fingerprint density at radius 1 is 1.26 bits per heavy atom. The minimum atomic E-state index is -0.120. The highest BCUT2D eigenvalue weighted by Gasteiger charge is 2.21. The minimum Gasteiger partial charge on any atom is -0.345 e. The molecule has 0 heterocycles. The van der Waals surface area contributed by atoms with Crippen LogP contribution in [-0.2, 0) is 4.79 Å². The van der Waals surface area contributed by atoms with Crippen LogP contribution < -0.4 is 10.6 Å². The molecule has 1 aliphatic carbocycles. The van der Waals surface area contributed by atoms with E-state index in [0.29, 0.717) is 17.3 Å². The van der Waals surface area contributed by atoms with Crippen LogP contribution in [0, 0.1) is 0 Å². The molecule has 1 aromatic rings. The molecule has 2 N–H and O–H groups in total. The van der Waals surface area contributed by atoms with Gasteiger partial charge in [0.2, 0.25) is 5.91 Å². The zero-order valence-electron chi connectivity index (χ0n) is 11.3. The number of para-hydroxylation sites is 1. The lowest BCUT2D eigenvalue weighted by atomic mass is 10.1. The SMILES string of the molecule is CN(C)C(=O)c1ccccc1NC(=O)CNC1CC1. The van der Waals surface area contributed by atoms with Gasteiger partial charge in [-0.2, -0.15) is 0 Å². The van der Waals surface area contributed by atoms with Crippen LogP contribution in [0.1, 0.15) is 23.2 Å². The summed E-state index contributed by atoms with van der Waals surface area (Å²) in [6.07, 6.45) is 2.28. The number of hydrogen-bond donors (Lipinski definition) is 2. The lowest BCUT2D eigenvalue weighted by Crippen LogP contribution is -2.30. The van der Waals surface area contributed by atoms with E-state index in [9.17, 15) is 9.59 Å². The van der Waals surface area contributed by atoms with Gasteiger partial charge in [-0.25, -0.2) is 0 Å². The highest BCUT2D eigenvalue weighted by atomic mass is 16.2. The Kier molecular flexibility index (Phi) is 4.16. The summed E-state index contributed by atoms with van der Waals surface area (Å²) in [7, 11) is 3.38. The molecule has 0 unspecified atom stereocenters. The number of rotatable bonds is 5. The summed E-state index contributed by atoms with van der Waals surface area (Å²) in [5.41, 5.74) is 1.07. The average Bonchev–Trinajstić information content (AvgIpc) is 3.20. The second-order valence-electron chi connectivity index (χ2n) is 4.95. The molecule has 1 fully saturated rings. The number of amides is 2. The predicted octanol–water partition coefficient (Wildman–Crippen LogP) is 1.08. The van der Waals surface area contributed by atoms with Crippen molar-refractivity contribution in [3.63, 3.8) is 0 Å². The van der Waals surface area contributed by atoms with Gasteiger partial charge in [-0.1, -0.05) is 12.1 Å². The van der Waals surface area contributed by atoms with E-state index < -0.39 is 0 Å². The zero-order chi connectivity index (χ0) is 13.8. The summed E-state index contributed by atoms with van der Waals surface area (Å²) in [6, 6.07) is 7.54. The first-order chi connectivity index (χ1) is 9.08. The van der Waals surface area contributed by atoms with Crippen molar-refractivity contribution >= 4 is 17.5 Å². The largest absolute Gasteiger partial charge is 0.345 e. The second-order valence-corrected chi connectivity index (χ2v) is 4.95. The standard InChI is InChI=1S/C14H19N3O2/c1-17(2)14(19)11-5-3-4-6-12(11)16-13(18)9-15-10-7-8-10/h3-6,10,15H,7-9H2,1-2H3,(H,16,18). The van der Waals surface area contributed by atoms with Gasteiger partial charge in [-0.15, -0.1) is 0 Å². The molecule has 19 heavy (non-hydrogen) atoms. The third-order valence-corrected chi connectivity index (χ3v) is 2.97. The number of anilines is 1. The van der Waals surface area contributed by atoms with Gasteiger partial charge in [0.15, 0.2) is 0 Å². The Labute approximate surface area is 113 Å². The fourth-order valence-corrected chi connectivity index (χ4v) is 1.74. The third kappa shape index (κ3) is 3.79. The minimum absolute atomic E-state index is 0.119. The van der Waals surface area contributed by atoms with Crippen LogP contribution >= 0.6 is 0 Å². The van der Waals surface area contributed by atoms with Gasteiger partial charge in [0.05, 0.1) is 17.8 Å². The molecule has 1 aliphatic rings. The molecule has 0 spiro atoms. The third-order valence-electron chi connectivity index (χ3n) is 2.97. The van der Waals surface area contributed by atoms with Crippen molar-refractivity contribution in [2.45, 2.75) is 18.9 Å². The van der Waals surface area contributed by atoms with E-state index in [1.54, 1.807) is 38.4 Å². The lowest BCUT2D eigenvalue weighted by molar-refractivity contribution is -0.115. The van der Waals surface area contributed by atoms with Gasteiger partial charge in [0, 0.05) is 20.1 Å². The van der Waals surface area contributed by atoms with E-state index in [2.05, 4.69) is 10.6 Å². The molecule has 2 rings (SSSR count). The molecule has 0 radical (unpaired) electrons. The lowest BCUT2D eigenvalue weighted by Gasteiger charge is -2.14. The van der Waals surface area contributed by atoms with Crippen molar-refractivity contribution in [1.29, 1.82) is 0 Å². The second kappa shape index (κ2) is 5.84. The van der Waals surface area contributed by atoms with E-state index in [1.165, 1.54) is 4.90 Å². The van der Waals surface area contributed by atoms with Crippen LogP contribution in [-0.4, -0.2) is 43.4 Å². The fraction of sp³-hybridized carbons (Fsp3) is 0.429. The fourth-order valence-electron chi connectivity index (χ4n) is 1.74. The van der Waals surface area contributed by atoms with Crippen LogP contribution in [0.3, 0.4) is 0 Å². The van der Waals surface area contributed by atoms with E-state index >= 15 is 0 Å². The maximum Gasteiger partial charge on any atom is 0.255 e. The summed E-state index contributed by atoms with van der Waals surface area (Å²) in [5, 5.41) is 5.92. The first-order valence-electron chi connectivity index (χ1n) is 6.42. The van der Waals surface area contributed by atoms with Gasteiger partial charge >= 0.3 is 0 Å². The van der Waals surface area contributed by atoms with E-state index in [0.717, 1.165) is 12.8 Å². The highest BCUT2D eigenvalue weighted by Crippen LogP contribution is 2.19. The number of benzene rings is 1. The molecule has 2 amide bonds. The monoisotopic (exact) mass is 261 g/mol. The van der Waals surface area contributed by atoms with Gasteiger partial charge in [0.25, 0.3) is 5.91 Å². The quantitative estimate of drug-likeness (QED) is 0.833. The molecule has 0 saturated heterocycles. The van der Waals surface area contributed by atoms with Crippen LogP contribution in [0.5, 0.6) is 0 Å². The number of nitrogens with one attached hydrogen (secondary N) is 2. The smallest absolute Gasteiger partial charge is 0.255 e. The van der Waals surface area contributed by atoms with Gasteiger partial charge in [-0.3, -0.25) is 9.59 Å². The van der Waals surface area contributed by atoms with Crippen molar-refractivity contribution < 1.29 is 9.59 Å². The zero-order valence-corrected chi connectivity index (χ0v) is 11.3. The van der Waals surface area contributed by atoms with Crippen LogP contribution in [0.25, 0.3) is 0 Å². The van der Waals surface area contributed by atoms with Crippen LogP contribution in [0.2, 0.25) is 0 Å². The Morgan fingerprint density at radius 3 is 2.58 bits per heavy atom. The molecule has 102 valence electrons. The van der Waals surface area contributed by atoms with Crippen LogP contribution in [0.15, 0.2) is 24.3 Å². The molecular formula is C14H19N3O2. The molecule has 1 saturated carbocycles. The molecule has 0 atom stereocenters. The van der Waals surface area contributed by atoms with Gasteiger partial charge < -0.3 is 15.5 Å². The summed E-state index contributed by atoms with van der Waals surface area (Å²) < 4.78 is 0. The van der Waals surface area contributed by atoms with Crippen LogP contribution in [0.4, 0.5) is 5.69 Å². The number of nitrogens with zero attached hydrogens (tertiary/aromatic N) is 1. The van der Waals surface area contributed by atoms with E-state index in [4.69, 9.17) is 0 Å². The topological polar surface area (TPSA) is 61.4 Å². The summed E-state index contributed by atoms with van der Waals surface area (Å²) in [4.78, 5) is 25.3. The van der Waals surface area contributed by atoms with Crippen molar-refractivity contribution in [1.82, 2.24) is 10.2 Å². The molecule has 5 heteroatoms. The normalized spacial score (nSPS) is 14.0.